The molecule has 6 nitrogen and oxygen atoms in total. The molecule has 0 aliphatic rings. The lowest BCUT2D eigenvalue weighted by atomic mass is 10.1. The second-order valence-corrected chi connectivity index (χ2v) is 8.06. The van der Waals surface area contributed by atoms with Gasteiger partial charge in [-0.25, -0.2) is 4.79 Å². The van der Waals surface area contributed by atoms with Gasteiger partial charge in [0.1, 0.15) is 17.1 Å². The first-order chi connectivity index (χ1) is 16.5. The molecule has 0 spiro atoms. The third-order valence-corrected chi connectivity index (χ3v) is 5.50. The number of hydrogen-bond acceptors (Lipinski definition) is 4. The number of carbonyl (C=O) groups excluding carboxylic acids is 1. The normalized spacial score (nSPS) is 10.5. The molecule has 0 bridgehead atoms. The molecule has 3 rings (SSSR count). The summed E-state index contributed by atoms with van der Waals surface area (Å²) in [5.41, 5.74) is 2.84. The molecular formula is C28H31NO5. The Morgan fingerprint density at radius 1 is 0.853 bits per heavy atom. The number of methoxy groups -OCH3 is 1. The molecule has 0 saturated carbocycles. The number of rotatable bonds is 13. The average Bonchev–Trinajstić information content (AvgIpc) is 2.86. The fourth-order valence-electron chi connectivity index (χ4n) is 3.63. The summed E-state index contributed by atoms with van der Waals surface area (Å²) in [6.45, 7) is 0.691. The predicted molar refractivity (Wildman–Crippen MR) is 133 cm³/mol. The molecule has 0 radical (unpaired) electrons. The molecule has 0 aromatic heterocycles. The quantitative estimate of drug-likeness (QED) is 0.316. The van der Waals surface area contributed by atoms with Crippen LogP contribution in [0.15, 0.2) is 72.8 Å². The van der Waals surface area contributed by atoms with E-state index < -0.39 is 5.97 Å². The van der Waals surface area contributed by atoms with Gasteiger partial charge in [0.15, 0.2) is 0 Å². The summed E-state index contributed by atoms with van der Waals surface area (Å²) >= 11 is 0. The summed E-state index contributed by atoms with van der Waals surface area (Å²) in [6, 6.07) is 22.9. The van der Waals surface area contributed by atoms with Crippen LogP contribution in [0.25, 0.3) is 0 Å². The van der Waals surface area contributed by atoms with E-state index >= 15 is 0 Å². The third-order valence-electron chi connectivity index (χ3n) is 5.50. The number of ether oxygens (including phenoxy) is 2. The van der Waals surface area contributed by atoms with Crippen molar-refractivity contribution < 1.29 is 24.2 Å². The topological polar surface area (TPSA) is 84.9 Å². The molecule has 0 heterocycles. The van der Waals surface area contributed by atoms with Gasteiger partial charge in [-0.05, 0) is 73.6 Å². The number of aromatic carboxylic acids is 1. The lowest BCUT2D eigenvalue weighted by molar-refractivity contribution is -0.116. The van der Waals surface area contributed by atoms with Crippen molar-refractivity contribution in [3.63, 3.8) is 0 Å². The van der Waals surface area contributed by atoms with E-state index in [9.17, 15) is 14.7 Å². The van der Waals surface area contributed by atoms with Gasteiger partial charge in [0.25, 0.3) is 0 Å². The predicted octanol–water partition coefficient (Wildman–Crippen LogP) is 5.76. The molecule has 6 heteroatoms. The zero-order chi connectivity index (χ0) is 24.2. The minimum Gasteiger partial charge on any atom is -0.496 e. The second kappa shape index (κ2) is 13.0. The van der Waals surface area contributed by atoms with Crippen LogP contribution in [-0.2, 0) is 17.6 Å². The summed E-state index contributed by atoms with van der Waals surface area (Å²) in [5, 5.41) is 12.0. The zero-order valence-corrected chi connectivity index (χ0v) is 19.5. The fourth-order valence-corrected chi connectivity index (χ4v) is 3.63. The Balaban J connectivity index is 1.35. The van der Waals surface area contributed by atoms with E-state index in [1.165, 1.54) is 24.8 Å². The largest absolute Gasteiger partial charge is 0.496 e. The lowest BCUT2D eigenvalue weighted by Crippen LogP contribution is -2.13. The standard InChI is InChI=1S/C28H31NO5/c1-33-26-17-14-23(20-25(26)28(31)32)29-27(30)18-13-22-11-15-24(16-12-22)34-19-7-3-6-10-21-8-4-2-5-9-21/h2,4-5,8-9,11-12,14-17,20H,3,6-7,10,13,18-19H2,1H3,(H,29,30)(H,31,32). The van der Waals surface area contributed by atoms with Gasteiger partial charge in [0.2, 0.25) is 5.91 Å². The highest BCUT2D eigenvalue weighted by molar-refractivity contribution is 5.95. The molecule has 0 aliphatic carbocycles. The monoisotopic (exact) mass is 461 g/mol. The third kappa shape index (κ3) is 7.96. The number of amides is 1. The maximum Gasteiger partial charge on any atom is 0.339 e. The van der Waals surface area contributed by atoms with Crippen molar-refractivity contribution in [2.24, 2.45) is 0 Å². The fraction of sp³-hybridized carbons (Fsp3) is 0.286. The minimum absolute atomic E-state index is 0.00656. The Morgan fingerprint density at radius 2 is 1.59 bits per heavy atom. The van der Waals surface area contributed by atoms with Crippen molar-refractivity contribution in [1.82, 2.24) is 0 Å². The highest BCUT2D eigenvalue weighted by Crippen LogP contribution is 2.23. The van der Waals surface area contributed by atoms with Crippen molar-refractivity contribution in [1.29, 1.82) is 0 Å². The number of carboxylic acid groups (broad SMARTS) is 1. The first kappa shape index (κ1) is 24.8. The number of unbranched alkanes of at least 4 members (excludes halogenated alkanes) is 2. The van der Waals surface area contributed by atoms with Crippen molar-refractivity contribution >= 4 is 17.6 Å². The second-order valence-electron chi connectivity index (χ2n) is 8.06. The Morgan fingerprint density at radius 3 is 2.29 bits per heavy atom. The lowest BCUT2D eigenvalue weighted by Gasteiger charge is -2.10. The van der Waals surface area contributed by atoms with Crippen LogP contribution >= 0.6 is 0 Å². The van der Waals surface area contributed by atoms with Crippen LogP contribution in [0.1, 0.15) is 47.2 Å². The van der Waals surface area contributed by atoms with Crippen LogP contribution in [0.4, 0.5) is 5.69 Å². The molecule has 0 aliphatic heterocycles. The summed E-state index contributed by atoms with van der Waals surface area (Å²) in [5.74, 6) is -0.213. The molecule has 0 atom stereocenters. The smallest absolute Gasteiger partial charge is 0.339 e. The van der Waals surface area contributed by atoms with Crippen LogP contribution in [0.3, 0.4) is 0 Å². The summed E-state index contributed by atoms with van der Waals surface area (Å²) < 4.78 is 10.9. The molecule has 1 amide bonds. The Labute approximate surface area is 200 Å². The van der Waals surface area contributed by atoms with Crippen LogP contribution in [0.5, 0.6) is 11.5 Å². The molecule has 3 aromatic carbocycles. The number of benzene rings is 3. The molecule has 178 valence electrons. The highest BCUT2D eigenvalue weighted by atomic mass is 16.5. The van der Waals surface area contributed by atoms with Gasteiger partial charge in [-0.1, -0.05) is 42.5 Å². The van der Waals surface area contributed by atoms with Gasteiger partial charge < -0.3 is 19.9 Å². The van der Waals surface area contributed by atoms with Crippen molar-refractivity contribution in [2.45, 2.75) is 38.5 Å². The molecule has 34 heavy (non-hydrogen) atoms. The van der Waals surface area contributed by atoms with E-state index in [1.54, 1.807) is 6.07 Å². The maximum atomic E-state index is 12.3. The van der Waals surface area contributed by atoms with Gasteiger partial charge in [0, 0.05) is 12.1 Å². The molecule has 0 fully saturated rings. The minimum atomic E-state index is -1.11. The van der Waals surface area contributed by atoms with E-state index in [2.05, 4.69) is 29.6 Å². The van der Waals surface area contributed by atoms with Crippen LogP contribution in [-0.4, -0.2) is 30.7 Å². The number of carbonyl (C=O) groups is 2. The SMILES string of the molecule is COc1ccc(NC(=O)CCc2ccc(OCCCCCc3ccccc3)cc2)cc1C(=O)O. The molecule has 3 aromatic rings. The summed E-state index contributed by atoms with van der Waals surface area (Å²) in [4.78, 5) is 23.6. The number of aryl methyl sites for hydroxylation is 2. The first-order valence-corrected chi connectivity index (χ1v) is 11.5. The number of anilines is 1. The molecule has 0 saturated heterocycles. The average molecular weight is 462 g/mol. The Bertz CT molecular complexity index is 1060. The number of hydrogen-bond donors (Lipinski definition) is 2. The number of carboxylic acids is 1. The molecular weight excluding hydrogens is 430 g/mol. The highest BCUT2D eigenvalue weighted by Gasteiger charge is 2.13. The van der Waals surface area contributed by atoms with Gasteiger partial charge in [-0.3, -0.25) is 4.79 Å². The van der Waals surface area contributed by atoms with Gasteiger partial charge >= 0.3 is 5.97 Å². The van der Waals surface area contributed by atoms with Crippen molar-refractivity contribution in [2.75, 3.05) is 19.0 Å². The maximum absolute atomic E-state index is 12.3. The Hall–Kier alpha value is -3.80. The van der Waals surface area contributed by atoms with Crippen LogP contribution < -0.4 is 14.8 Å². The first-order valence-electron chi connectivity index (χ1n) is 11.5. The van der Waals surface area contributed by atoms with Crippen LogP contribution in [0.2, 0.25) is 0 Å². The van der Waals surface area contributed by atoms with E-state index in [4.69, 9.17) is 9.47 Å². The summed E-state index contributed by atoms with van der Waals surface area (Å²) in [6.07, 6.45) is 5.27. The summed E-state index contributed by atoms with van der Waals surface area (Å²) in [7, 11) is 1.41. The van der Waals surface area contributed by atoms with Crippen molar-refractivity contribution in [3.8, 4) is 11.5 Å². The van der Waals surface area contributed by atoms with E-state index in [0.29, 0.717) is 18.7 Å². The van der Waals surface area contributed by atoms with Gasteiger partial charge in [0.05, 0.1) is 13.7 Å². The zero-order valence-electron chi connectivity index (χ0n) is 19.5. The number of nitrogens with one attached hydrogen (secondary N) is 1. The van der Waals surface area contributed by atoms with Gasteiger partial charge in [-0.2, -0.15) is 0 Å². The van der Waals surface area contributed by atoms with E-state index in [1.807, 2.05) is 30.3 Å². The molecule has 0 unspecified atom stereocenters. The van der Waals surface area contributed by atoms with Gasteiger partial charge in [-0.15, -0.1) is 0 Å². The van der Waals surface area contributed by atoms with Crippen LogP contribution in [0, 0.1) is 0 Å². The Kier molecular flexibility index (Phi) is 9.52. The van der Waals surface area contributed by atoms with Crippen molar-refractivity contribution in [3.05, 3.63) is 89.5 Å². The van der Waals surface area contributed by atoms with E-state index in [-0.39, 0.29) is 23.6 Å². The van der Waals surface area contributed by atoms with E-state index in [0.717, 1.165) is 37.0 Å². The molecule has 2 N–H and O–H groups in total.